The van der Waals surface area contributed by atoms with Crippen LogP contribution in [0.2, 0.25) is 0 Å². The highest BCUT2D eigenvalue weighted by Gasteiger charge is 2.15. The van der Waals surface area contributed by atoms with E-state index < -0.39 is 0 Å². The Kier molecular flexibility index (Phi) is 3.24. The predicted molar refractivity (Wildman–Crippen MR) is 91.4 cm³/mol. The zero-order chi connectivity index (χ0) is 15.6. The maximum Gasteiger partial charge on any atom is 0.195 e. The van der Waals surface area contributed by atoms with Gasteiger partial charge in [0.15, 0.2) is 5.78 Å². The lowest BCUT2D eigenvalue weighted by Gasteiger charge is -2.01. The SMILES string of the molecule is O=C(c1ccccc1)c1cccc2[nH]c(-c3ccccc3)nc12. The van der Waals surface area contributed by atoms with Gasteiger partial charge in [0.25, 0.3) is 0 Å². The van der Waals surface area contributed by atoms with E-state index in [2.05, 4.69) is 9.97 Å². The van der Waals surface area contributed by atoms with Gasteiger partial charge in [-0.3, -0.25) is 4.79 Å². The average molecular weight is 298 g/mol. The maximum atomic E-state index is 12.8. The van der Waals surface area contributed by atoms with E-state index in [4.69, 9.17) is 0 Å². The van der Waals surface area contributed by atoms with Crippen molar-refractivity contribution in [3.63, 3.8) is 0 Å². The molecule has 1 N–H and O–H groups in total. The largest absolute Gasteiger partial charge is 0.338 e. The highest BCUT2D eigenvalue weighted by Crippen LogP contribution is 2.24. The molecule has 4 aromatic rings. The molecule has 3 aromatic carbocycles. The first-order chi connectivity index (χ1) is 11.3. The van der Waals surface area contributed by atoms with Crippen molar-refractivity contribution < 1.29 is 4.79 Å². The van der Waals surface area contributed by atoms with Crippen LogP contribution in [0.15, 0.2) is 78.9 Å². The Labute approximate surface area is 133 Å². The number of nitrogens with zero attached hydrogens (tertiary/aromatic N) is 1. The lowest BCUT2D eigenvalue weighted by atomic mass is 10.0. The molecule has 23 heavy (non-hydrogen) atoms. The van der Waals surface area contributed by atoms with Gasteiger partial charge in [0.1, 0.15) is 11.3 Å². The van der Waals surface area contributed by atoms with Crippen LogP contribution in [0.3, 0.4) is 0 Å². The molecule has 0 bridgehead atoms. The number of fused-ring (bicyclic) bond motifs is 1. The molecule has 0 atom stereocenters. The van der Waals surface area contributed by atoms with Crippen LogP contribution in [0.25, 0.3) is 22.4 Å². The fraction of sp³-hybridized carbons (Fsp3) is 0. The minimum absolute atomic E-state index is 0.0117. The Morgan fingerprint density at radius 2 is 1.48 bits per heavy atom. The summed E-state index contributed by atoms with van der Waals surface area (Å²) in [5.74, 6) is 0.760. The summed E-state index contributed by atoms with van der Waals surface area (Å²) >= 11 is 0. The molecule has 1 heterocycles. The van der Waals surface area contributed by atoms with Crippen molar-refractivity contribution in [3.8, 4) is 11.4 Å². The van der Waals surface area contributed by atoms with Gasteiger partial charge < -0.3 is 4.98 Å². The average Bonchev–Trinajstić information content (AvgIpc) is 3.07. The van der Waals surface area contributed by atoms with Crippen molar-refractivity contribution in [3.05, 3.63) is 90.0 Å². The number of para-hydroxylation sites is 1. The molecule has 110 valence electrons. The second-order valence-electron chi connectivity index (χ2n) is 5.35. The van der Waals surface area contributed by atoms with Gasteiger partial charge >= 0.3 is 0 Å². The molecule has 0 aliphatic heterocycles. The summed E-state index contributed by atoms with van der Waals surface area (Å²) in [6.45, 7) is 0. The monoisotopic (exact) mass is 298 g/mol. The van der Waals surface area contributed by atoms with E-state index in [1.54, 1.807) is 0 Å². The Morgan fingerprint density at radius 1 is 0.783 bits per heavy atom. The molecule has 0 aliphatic rings. The second kappa shape index (κ2) is 5.54. The summed E-state index contributed by atoms with van der Waals surface area (Å²) in [4.78, 5) is 20.7. The zero-order valence-corrected chi connectivity index (χ0v) is 12.4. The smallest absolute Gasteiger partial charge is 0.195 e. The fourth-order valence-electron chi connectivity index (χ4n) is 2.69. The van der Waals surface area contributed by atoms with E-state index >= 15 is 0 Å². The first kappa shape index (κ1) is 13.5. The third-order valence-electron chi connectivity index (χ3n) is 3.84. The molecule has 0 saturated carbocycles. The number of carbonyl (C=O) groups excluding carboxylic acids is 1. The minimum Gasteiger partial charge on any atom is -0.338 e. The van der Waals surface area contributed by atoms with Crippen LogP contribution in [0.5, 0.6) is 0 Å². The van der Waals surface area contributed by atoms with E-state index in [0.29, 0.717) is 16.6 Å². The predicted octanol–water partition coefficient (Wildman–Crippen LogP) is 4.46. The fourth-order valence-corrected chi connectivity index (χ4v) is 2.69. The zero-order valence-electron chi connectivity index (χ0n) is 12.4. The number of imidazole rings is 1. The van der Waals surface area contributed by atoms with E-state index in [1.807, 2.05) is 78.9 Å². The molecule has 0 aliphatic carbocycles. The number of nitrogens with one attached hydrogen (secondary N) is 1. The van der Waals surface area contributed by atoms with Gasteiger partial charge in [0.2, 0.25) is 0 Å². The highest BCUT2D eigenvalue weighted by atomic mass is 16.1. The van der Waals surface area contributed by atoms with E-state index in [-0.39, 0.29) is 5.78 Å². The summed E-state index contributed by atoms with van der Waals surface area (Å²) in [5.41, 5.74) is 3.86. The highest BCUT2D eigenvalue weighted by molar-refractivity contribution is 6.15. The minimum atomic E-state index is -0.0117. The molecule has 4 rings (SSSR count). The lowest BCUT2D eigenvalue weighted by Crippen LogP contribution is -2.01. The molecular formula is C20H14N2O. The third-order valence-corrected chi connectivity index (χ3v) is 3.84. The van der Waals surface area contributed by atoms with Crippen molar-refractivity contribution in [1.82, 2.24) is 9.97 Å². The Bertz CT molecular complexity index is 972. The van der Waals surface area contributed by atoms with Gasteiger partial charge in [-0.15, -0.1) is 0 Å². The van der Waals surface area contributed by atoms with Crippen LogP contribution < -0.4 is 0 Å². The normalized spacial score (nSPS) is 10.8. The van der Waals surface area contributed by atoms with Gasteiger partial charge in [0, 0.05) is 11.1 Å². The van der Waals surface area contributed by atoms with Gasteiger partial charge in [-0.25, -0.2) is 4.98 Å². The number of benzene rings is 3. The first-order valence-corrected chi connectivity index (χ1v) is 7.47. The molecule has 0 spiro atoms. The van der Waals surface area contributed by atoms with Crippen LogP contribution in [0, 0.1) is 0 Å². The third kappa shape index (κ3) is 2.42. The molecule has 0 fully saturated rings. The van der Waals surface area contributed by atoms with Crippen molar-refractivity contribution in [2.75, 3.05) is 0 Å². The number of ketones is 1. The summed E-state index contributed by atoms with van der Waals surface area (Å²) in [5, 5.41) is 0. The Hall–Kier alpha value is -3.20. The second-order valence-corrected chi connectivity index (χ2v) is 5.35. The van der Waals surface area contributed by atoms with Crippen molar-refractivity contribution in [2.45, 2.75) is 0 Å². The summed E-state index contributed by atoms with van der Waals surface area (Å²) in [6.07, 6.45) is 0. The van der Waals surface area contributed by atoms with Crippen LogP contribution in [-0.4, -0.2) is 15.8 Å². The molecule has 0 radical (unpaired) electrons. The van der Waals surface area contributed by atoms with Gasteiger partial charge in [-0.05, 0) is 12.1 Å². The lowest BCUT2D eigenvalue weighted by molar-refractivity contribution is 0.104. The number of hydrogen-bond donors (Lipinski definition) is 1. The summed E-state index contributed by atoms with van der Waals surface area (Å²) in [7, 11) is 0. The van der Waals surface area contributed by atoms with Crippen LogP contribution in [-0.2, 0) is 0 Å². The van der Waals surface area contributed by atoms with E-state index in [0.717, 1.165) is 16.9 Å². The molecule has 0 amide bonds. The molecular weight excluding hydrogens is 284 g/mol. The Balaban J connectivity index is 1.85. The number of aromatic nitrogens is 2. The summed E-state index contributed by atoms with van der Waals surface area (Å²) in [6, 6.07) is 24.8. The van der Waals surface area contributed by atoms with E-state index in [9.17, 15) is 4.79 Å². The van der Waals surface area contributed by atoms with E-state index in [1.165, 1.54) is 0 Å². The van der Waals surface area contributed by atoms with Crippen molar-refractivity contribution in [2.24, 2.45) is 0 Å². The van der Waals surface area contributed by atoms with Crippen molar-refractivity contribution in [1.29, 1.82) is 0 Å². The topological polar surface area (TPSA) is 45.8 Å². The number of carbonyl (C=O) groups is 1. The molecule has 0 saturated heterocycles. The van der Waals surface area contributed by atoms with Crippen LogP contribution in [0.4, 0.5) is 0 Å². The number of hydrogen-bond acceptors (Lipinski definition) is 2. The molecule has 3 nitrogen and oxygen atoms in total. The Morgan fingerprint density at radius 3 is 2.22 bits per heavy atom. The van der Waals surface area contributed by atoms with Crippen molar-refractivity contribution >= 4 is 16.8 Å². The van der Waals surface area contributed by atoms with Crippen LogP contribution >= 0.6 is 0 Å². The quantitative estimate of drug-likeness (QED) is 0.567. The van der Waals surface area contributed by atoms with Gasteiger partial charge in [-0.1, -0.05) is 66.7 Å². The molecule has 0 unspecified atom stereocenters. The van der Waals surface area contributed by atoms with Crippen LogP contribution in [0.1, 0.15) is 15.9 Å². The number of H-pyrrole nitrogens is 1. The summed E-state index contributed by atoms with van der Waals surface area (Å²) < 4.78 is 0. The molecule has 1 aromatic heterocycles. The number of aromatic amines is 1. The standard InChI is InChI=1S/C20H14N2O/c23-19(14-8-3-1-4-9-14)16-12-7-13-17-18(16)22-20(21-17)15-10-5-2-6-11-15/h1-13H,(H,21,22). The first-order valence-electron chi connectivity index (χ1n) is 7.47. The maximum absolute atomic E-state index is 12.8. The number of rotatable bonds is 3. The van der Waals surface area contributed by atoms with Gasteiger partial charge in [-0.2, -0.15) is 0 Å². The molecule has 3 heteroatoms. The van der Waals surface area contributed by atoms with Gasteiger partial charge in [0.05, 0.1) is 11.1 Å².